The van der Waals surface area contributed by atoms with E-state index in [0.29, 0.717) is 11.7 Å². The van der Waals surface area contributed by atoms with Gasteiger partial charge in [-0.15, -0.1) is 10.2 Å². The maximum absolute atomic E-state index is 5.57. The highest BCUT2D eigenvalue weighted by Crippen LogP contribution is 2.26. The van der Waals surface area contributed by atoms with Crippen LogP contribution in [0.5, 0.6) is 11.6 Å². The summed E-state index contributed by atoms with van der Waals surface area (Å²) in [6.07, 6.45) is 0. The highest BCUT2D eigenvalue weighted by molar-refractivity contribution is 9.10. The lowest BCUT2D eigenvalue weighted by molar-refractivity contribution is 0.452. The third-order valence-corrected chi connectivity index (χ3v) is 2.51. The van der Waals surface area contributed by atoms with E-state index in [9.17, 15) is 0 Å². The van der Waals surface area contributed by atoms with E-state index in [1.807, 2.05) is 25.1 Å². The molecular weight excluding hydrogens is 270 g/mol. The Kier molecular flexibility index (Phi) is 3.05. The molecule has 0 amide bonds. The van der Waals surface area contributed by atoms with E-state index >= 15 is 0 Å². The van der Waals surface area contributed by atoms with E-state index in [2.05, 4.69) is 26.1 Å². The van der Waals surface area contributed by atoms with Crippen molar-refractivity contribution in [2.45, 2.75) is 6.92 Å². The van der Waals surface area contributed by atoms with Gasteiger partial charge in [-0.1, -0.05) is 15.9 Å². The van der Waals surface area contributed by atoms with Gasteiger partial charge >= 0.3 is 0 Å². The molecule has 16 heavy (non-hydrogen) atoms. The van der Waals surface area contributed by atoms with Crippen molar-refractivity contribution >= 4 is 21.7 Å². The van der Waals surface area contributed by atoms with Crippen molar-refractivity contribution in [3.63, 3.8) is 0 Å². The molecule has 0 saturated carbocycles. The smallest absolute Gasteiger partial charge is 0.239 e. The summed E-state index contributed by atoms with van der Waals surface area (Å²) in [5, 5.41) is 7.54. The minimum atomic E-state index is 0.375. The average Bonchev–Trinajstić information content (AvgIpc) is 2.25. The molecule has 0 saturated heterocycles. The van der Waals surface area contributed by atoms with Gasteiger partial charge in [-0.3, -0.25) is 0 Å². The zero-order valence-corrected chi connectivity index (χ0v) is 10.2. The van der Waals surface area contributed by atoms with E-state index in [1.54, 1.807) is 12.1 Å². The molecule has 0 atom stereocenters. The number of rotatable bonds is 2. The van der Waals surface area contributed by atoms with Crippen LogP contribution in [0.1, 0.15) is 5.56 Å². The van der Waals surface area contributed by atoms with Gasteiger partial charge in [-0.05, 0) is 36.8 Å². The summed E-state index contributed by atoms with van der Waals surface area (Å²) >= 11 is 3.39. The van der Waals surface area contributed by atoms with Crippen molar-refractivity contribution in [2.24, 2.45) is 0 Å². The first-order valence-corrected chi connectivity index (χ1v) is 5.47. The number of aryl methyl sites for hydroxylation is 1. The summed E-state index contributed by atoms with van der Waals surface area (Å²) < 4.78 is 6.58. The molecule has 0 spiro atoms. The van der Waals surface area contributed by atoms with Crippen LogP contribution >= 0.6 is 15.9 Å². The van der Waals surface area contributed by atoms with Crippen LogP contribution in [-0.2, 0) is 0 Å². The minimum absolute atomic E-state index is 0.375. The van der Waals surface area contributed by atoms with Crippen molar-refractivity contribution in [3.05, 3.63) is 40.4 Å². The van der Waals surface area contributed by atoms with Gasteiger partial charge < -0.3 is 10.5 Å². The zero-order chi connectivity index (χ0) is 11.5. The number of nitrogen functional groups attached to an aromatic ring is 1. The lowest BCUT2D eigenvalue weighted by Gasteiger charge is -2.07. The highest BCUT2D eigenvalue weighted by atomic mass is 79.9. The topological polar surface area (TPSA) is 61.0 Å². The number of anilines is 1. The fraction of sp³-hybridized carbons (Fsp3) is 0.0909. The summed E-state index contributed by atoms with van der Waals surface area (Å²) in [6.45, 7) is 1.96. The maximum atomic E-state index is 5.57. The van der Waals surface area contributed by atoms with E-state index in [4.69, 9.17) is 10.5 Å². The number of hydrogen-bond donors (Lipinski definition) is 1. The molecule has 1 aromatic heterocycles. The number of aromatic nitrogens is 2. The molecule has 0 aliphatic carbocycles. The normalized spacial score (nSPS) is 10.1. The van der Waals surface area contributed by atoms with Crippen LogP contribution in [0.3, 0.4) is 0 Å². The largest absolute Gasteiger partial charge is 0.437 e. The van der Waals surface area contributed by atoms with Gasteiger partial charge in [0.15, 0.2) is 0 Å². The molecule has 0 aliphatic heterocycles. The molecule has 0 radical (unpaired) electrons. The van der Waals surface area contributed by atoms with Crippen LogP contribution in [0, 0.1) is 6.92 Å². The molecule has 0 unspecified atom stereocenters. The van der Waals surface area contributed by atoms with Crippen LogP contribution in [0.4, 0.5) is 5.82 Å². The van der Waals surface area contributed by atoms with Crippen LogP contribution in [0.15, 0.2) is 34.8 Å². The second-order valence-electron chi connectivity index (χ2n) is 3.31. The van der Waals surface area contributed by atoms with Crippen LogP contribution in [0.2, 0.25) is 0 Å². The van der Waals surface area contributed by atoms with Gasteiger partial charge in [0.2, 0.25) is 5.88 Å². The minimum Gasteiger partial charge on any atom is -0.437 e. The number of halogens is 1. The second-order valence-corrected chi connectivity index (χ2v) is 4.22. The lowest BCUT2D eigenvalue weighted by atomic mass is 10.2. The van der Waals surface area contributed by atoms with E-state index < -0.39 is 0 Å². The fourth-order valence-electron chi connectivity index (χ4n) is 1.22. The van der Waals surface area contributed by atoms with Gasteiger partial charge in [0.1, 0.15) is 11.6 Å². The number of nitrogens with two attached hydrogens (primary N) is 1. The Morgan fingerprint density at radius 2 is 2.00 bits per heavy atom. The number of hydrogen-bond acceptors (Lipinski definition) is 4. The molecule has 0 fully saturated rings. The van der Waals surface area contributed by atoms with Crippen molar-refractivity contribution in [1.82, 2.24) is 10.2 Å². The summed E-state index contributed by atoms with van der Waals surface area (Å²) in [7, 11) is 0. The lowest BCUT2D eigenvalue weighted by Crippen LogP contribution is -1.95. The summed E-state index contributed by atoms with van der Waals surface area (Å²) in [5.41, 5.74) is 6.46. The third kappa shape index (κ3) is 2.49. The van der Waals surface area contributed by atoms with Crippen molar-refractivity contribution in [3.8, 4) is 11.6 Å². The first-order chi connectivity index (χ1) is 7.65. The Labute approximate surface area is 102 Å². The molecule has 1 heterocycles. The third-order valence-electron chi connectivity index (χ3n) is 2.01. The predicted molar refractivity (Wildman–Crippen MR) is 65.4 cm³/mol. The maximum Gasteiger partial charge on any atom is 0.239 e. The monoisotopic (exact) mass is 279 g/mol. The Bertz CT molecular complexity index is 499. The Morgan fingerprint density at radius 1 is 1.19 bits per heavy atom. The first kappa shape index (κ1) is 10.9. The molecule has 0 aliphatic rings. The fourth-order valence-corrected chi connectivity index (χ4v) is 1.70. The van der Waals surface area contributed by atoms with Gasteiger partial charge in [0.25, 0.3) is 0 Å². The van der Waals surface area contributed by atoms with E-state index in [0.717, 1.165) is 15.8 Å². The molecule has 4 nitrogen and oxygen atoms in total. The van der Waals surface area contributed by atoms with E-state index in [-0.39, 0.29) is 0 Å². The number of nitrogens with zero attached hydrogens (tertiary/aromatic N) is 2. The van der Waals surface area contributed by atoms with Crippen LogP contribution in [0.25, 0.3) is 0 Å². The number of benzene rings is 1. The first-order valence-electron chi connectivity index (χ1n) is 4.68. The Hall–Kier alpha value is -1.62. The summed E-state index contributed by atoms with van der Waals surface area (Å²) in [5.74, 6) is 1.56. The molecule has 82 valence electrons. The SMILES string of the molecule is Cc1cc(Br)ccc1Oc1ccc(N)nn1. The van der Waals surface area contributed by atoms with E-state index in [1.165, 1.54) is 0 Å². The summed E-state index contributed by atoms with van der Waals surface area (Å²) in [6, 6.07) is 9.09. The highest BCUT2D eigenvalue weighted by Gasteiger charge is 2.03. The van der Waals surface area contributed by atoms with Gasteiger partial charge in [-0.25, -0.2) is 0 Å². The Morgan fingerprint density at radius 3 is 2.62 bits per heavy atom. The molecule has 0 bridgehead atoms. The molecule has 2 rings (SSSR count). The second kappa shape index (κ2) is 4.49. The average molecular weight is 280 g/mol. The molecule has 1 aromatic carbocycles. The van der Waals surface area contributed by atoms with Crippen molar-refractivity contribution in [2.75, 3.05) is 5.73 Å². The number of ether oxygens (including phenoxy) is 1. The molecule has 2 N–H and O–H groups in total. The standard InChI is InChI=1S/C11H10BrN3O/c1-7-6-8(12)2-3-9(7)16-11-5-4-10(13)14-15-11/h2-6H,1H3,(H2,13,14). The summed E-state index contributed by atoms with van der Waals surface area (Å²) in [4.78, 5) is 0. The van der Waals surface area contributed by atoms with Crippen molar-refractivity contribution in [1.29, 1.82) is 0 Å². The van der Waals surface area contributed by atoms with Gasteiger partial charge in [-0.2, -0.15) is 0 Å². The predicted octanol–water partition coefficient (Wildman–Crippen LogP) is 2.92. The molecule has 2 aromatic rings. The molecular formula is C11H10BrN3O. The van der Waals surface area contributed by atoms with Crippen LogP contribution in [-0.4, -0.2) is 10.2 Å². The van der Waals surface area contributed by atoms with Gasteiger partial charge in [0.05, 0.1) is 0 Å². The zero-order valence-electron chi connectivity index (χ0n) is 8.64. The van der Waals surface area contributed by atoms with Gasteiger partial charge in [0, 0.05) is 10.5 Å². The molecule has 5 heteroatoms. The van der Waals surface area contributed by atoms with Crippen molar-refractivity contribution < 1.29 is 4.74 Å². The Balaban J connectivity index is 2.23. The van der Waals surface area contributed by atoms with Crippen LogP contribution < -0.4 is 10.5 Å². The quantitative estimate of drug-likeness (QED) is 0.918.